The maximum Gasteiger partial charge on any atom is 0.189 e. The first-order chi connectivity index (χ1) is 13.0. The van der Waals surface area contributed by atoms with Gasteiger partial charge in [-0.3, -0.25) is 4.79 Å². The highest BCUT2D eigenvalue weighted by Crippen LogP contribution is 2.25. The average Bonchev–Trinajstić information content (AvgIpc) is 2.69. The van der Waals surface area contributed by atoms with Crippen molar-refractivity contribution in [2.24, 2.45) is 0 Å². The third-order valence-electron chi connectivity index (χ3n) is 3.98. The van der Waals surface area contributed by atoms with Crippen molar-refractivity contribution in [3.8, 4) is 17.2 Å². The second kappa shape index (κ2) is 10.4. The van der Waals surface area contributed by atoms with Crippen LogP contribution in [0.5, 0.6) is 17.2 Å². The van der Waals surface area contributed by atoms with E-state index in [4.69, 9.17) is 14.2 Å². The van der Waals surface area contributed by atoms with Crippen molar-refractivity contribution in [3.05, 3.63) is 59.7 Å². The van der Waals surface area contributed by atoms with Crippen LogP contribution in [-0.4, -0.2) is 52.1 Å². The lowest BCUT2D eigenvalue weighted by atomic mass is 10.1. The third kappa shape index (κ3) is 6.46. The van der Waals surface area contributed by atoms with Crippen LogP contribution in [0, 0.1) is 0 Å². The Morgan fingerprint density at radius 3 is 2.56 bits per heavy atom. The molecule has 0 spiro atoms. The standard InChI is InChI=1S/C22H27NO4/c1-23(2)13-6-14-27-19-8-5-7-17(15-19)9-11-21(24)20-16-18(25-3)10-12-22(20)26-4/h5,7-12,15-16H,6,13-14H2,1-4H3. The summed E-state index contributed by atoms with van der Waals surface area (Å²) < 4.78 is 16.2. The van der Waals surface area contributed by atoms with Crippen LogP contribution in [0.3, 0.4) is 0 Å². The van der Waals surface area contributed by atoms with Crippen molar-refractivity contribution in [1.82, 2.24) is 4.90 Å². The number of hydrogen-bond acceptors (Lipinski definition) is 5. The van der Waals surface area contributed by atoms with Gasteiger partial charge in [0.25, 0.3) is 0 Å². The number of rotatable bonds is 10. The number of allylic oxidation sites excluding steroid dienone is 1. The molecule has 0 heterocycles. The molecule has 2 aromatic rings. The number of nitrogens with zero attached hydrogens (tertiary/aromatic N) is 1. The van der Waals surface area contributed by atoms with Crippen molar-refractivity contribution in [3.63, 3.8) is 0 Å². The maximum atomic E-state index is 12.6. The Morgan fingerprint density at radius 1 is 1.04 bits per heavy atom. The van der Waals surface area contributed by atoms with Crippen LogP contribution >= 0.6 is 0 Å². The van der Waals surface area contributed by atoms with Crippen LogP contribution in [0.1, 0.15) is 22.3 Å². The van der Waals surface area contributed by atoms with Gasteiger partial charge in [-0.15, -0.1) is 0 Å². The van der Waals surface area contributed by atoms with Crippen LogP contribution in [0.25, 0.3) is 6.08 Å². The highest BCUT2D eigenvalue weighted by Gasteiger charge is 2.11. The molecule has 0 radical (unpaired) electrons. The zero-order valence-corrected chi connectivity index (χ0v) is 16.4. The molecule has 0 saturated carbocycles. The lowest BCUT2D eigenvalue weighted by Gasteiger charge is -2.10. The zero-order valence-electron chi connectivity index (χ0n) is 16.4. The molecule has 0 bridgehead atoms. The minimum absolute atomic E-state index is 0.150. The molecule has 0 N–H and O–H groups in total. The van der Waals surface area contributed by atoms with Gasteiger partial charge >= 0.3 is 0 Å². The van der Waals surface area contributed by atoms with E-state index in [-0.39, 0.29) is 5.78 Å². The molecular formula is C22H27NO4. The smallest absolute Gasteiger partial charge is 0.189 e. The quantitative estimate of drug-likeness (QED) is 0.361. The van der Waals surface area contributed by atoms with Gasteiger partial charge in [0, 0.05) is 6.54 Å². The fourth-order valence-electron chi connectivity index (χ4n) is 2.55. The van der Waals surface area contributed by atoms with Gasteiger partial charge in [-0.2, -0.15) is 0 Å². The van der Waals surface area contributed by atoms with Crippen LogP contribution < -0.4 is 14.2 Å². The summed E-state index contributed by atoms with van der Waals surface area (Å²) in [6, 6.07) is 12.8. The first-order valence-electron chi connectivity index (χ1n) is 8.85. The molecule has 2 aromatic carbocycles. The van der Waals surface area contributed by atoms with Gasteiger partial charge in [0.1, 0.15) is 17.2 Å². The molecule has 0 aliphatic heterocycles. The largest absolute Gasteiger partial charge is 0.497 e. The number of benzene rings is 2. The number of hydrogen-bond donors (Lipinski definition) is 0. The first-order valence-corrected chi connectivity index (χ1v) is 8.85. The second-order valence-corrected chi connectivity index (χ2v) is 6.34. The van der Waals surface area contributed by atoms with Crippen LogP contribution in [0.2, 0.25) is 0 Å². The Hall–Kier alpha value is -2.79. The predicted molar refractivity (Wildman–Crippen MR) is 108 cm³/mol. The molecule has 0 aromatic heterocycles. The van der Waals surface area contributed by atoms with E-state index in [9.17, 15) is 4.79 Å². The van der Waals surface area contributed by atoms with Crippen molar-refractivity contribution < 1.29 is 19.0 Å². The van der Waals surface area contributed by atoms with E-state index in [2.05, 4.69) is 4.90 Å². The minimum atomic E-state index is -0.150. The average molecular weight is 369 g/mol. The second-order valence-electron chi connectivity index (χ2n) is 6.34. The summed E-state index contributed by atoms with van der Waals surface area (Å²) in [6.45, 7) is 1.64. The first kappa shape index (κ1) is 20.5. The Bertz CT molecular complexity index is 784. The summed E-state index contributed by atoms with van der Waals surface area (Å²) in [6.07, 6.45) is 4.26. The molecule has 0 fully saturated rings. The van der Waals surface area contributed by atoms with Gasteiger partial charge < -0.3 is 19.1 Å². The lowest BCUT2D eigenvalue weighted by Crippen LogP contribution is -2.15. The molecule has 2 rings (SSSR count). The van der Waals surface area contributed by atoms with E-state index < -0.39 is 0 Å². The molecule has 5 nitrogen and oxygen atoms in total. The van der Waals surface area contributed by atoms with Gasteiger partial charge in [-0.05, 0) is 62.5 Å². The zero-order chi connectivity index (χ0) is 19.6. The molecule has 0 aliphatic carbocycles. The fraction of sp³-hybridized carbons (Fsp3) is 0.318. The van der Waals surface area contributed by atoms with E-state index in [0.717, 1.165) is 24.3 Å². The van der Waals surface area contributed by atoms with Crippen molar-refractivity contribution in [1.29, 1.82) is 0 Å². The van der Waals surface area contributed by atoms with Crippen LogP contribution in [-0.2, 0) is 0 Å². The Morgan fingerprint density at radius 2 is 1.85 bits per heavy atom. The molecule has 5 heteroatoms. The topological polar surface area (TPSA) is 48.0 Å². The highest BCUT2D eigenvalue weighted by atomic mass is 16.5. The number of ether oxygens (including phenoxy) is 3. The summed E-state index contributed by atoms with van der Waals surface area (Å²) in [5.41, 5.74) is 1.36. The normalized spacial score (nSPS) is 11.0. The molecule has 0 aliphatic rings. The maximum absolute atomic E-state index is 12.6. The minimum Gasteiger partial charge on any atom is -0.497 e. The van der Waals surface area contributed by atoms with Crippen molar-refractivity contribution in [2.75, 3.05) is 41.5 Å². The van der Waals surface area contributed by atoms with E-state index in [1.165, 1.54) is 6.08 Å². The van der Waals surface area contributed by atoms with Gasteiger partial charge in [0.2, 0.25) is 0 Å². The monoisotopic (exact) mass is 369 g/mol. The molecule has 0 saturated heterocycles. The molecular weight excluding hydrogens is 342 g/mol. The van der Waals surface area contributed by atoms with E-state index in [1.807, 2.05) is 38.4 Å². The summed E-state index contributed by atoms with van der Waals surface area (Å²) >= 11 is 0. The number of methoxy groups -OCH3 is 2. The van der Waals surface area contributed by atoms with Gasteiger partial charge in [-0.25, -0.2) is 0 Å². The molecule has 27 heavy (non-hydrogen) atoms. The summed E-state index contributed by atoms with van der Waals surface area (Å²) in [7, 11) is 7.19. The van der Waals surface area contributed by atoms with Crippen molar-refractivity contribution in [2.45, 2.75) is 6.42 Å². The molecule has 0 unspecified atom stereocenters. The fourth-order valence-corrected chi connectivity index (χ4v) is 2.55. The van der Waals surface area contributed by atoms with Gasteiger partial charge in [-0.1, -0.05) is 18.2 Å². The molecule has 0 atom stereocenters. The predicted octanol–water partition coefficient (Wildman–Crippen LogP) is 3.93. The van der Waals surface area contributed by atoms with Crippen LogP contribution in [0.4, 0.5) is 0 Å². The Labute approximate surface area is 161 Å². The summed E-state index contributed by atoms with van der Waals surface area (Å²) in [5.74, 6) is 1.77. The number of ketones is 1. The number of carbonyl (C=O) groups excluding carboxylic acids is 1. The Balaban J connectivity index is 2.05. The molecule has 144 valence electrons. The lowest BCUT2D eigenvalue weighted by molar-refractivity contribution is 0.104. The van der Waals surface area contributed by atoms with Gasteiger partial charge in [0.15, 0.2) is 5.78 Å². The van der Waals surface area contributed by atoms with E-state index in [1.54, 1.807) is 38.5 Å². The molecule has 0 amide bonds. The summed E-state index contributed by atoms with van der Waals surface area (Å²) in [4.78, 5) is 14.7. The SMILES string of the molecule is COc1ccc(OC)c(C(=O)C=Cc2cccc(OCCCN(C)C)c2)c1. The third-order valence-corrected chi connectivity index (χ3v) is 3.98. The van der Waals surface area contributed by atoms with E-state index >= 15 is 0 Å². The highest BCUT2D eigenvalue weighted by molar-refractivity contribution is 6.08. The number of carbonyl (C=O) groups is 1. The van der Waals surface area contributed by atoms with Gasteiger partial charge in [0.05, 0.1) is 26.4 Å². The van der Waals surface area contributed by atoms with E-state index in [0.29, 0.717) is 23.7 Å². The summed E-state index contributed by atoms with van der Waals surface area (Å²) in [5, 5.41) is 0. The Kier molecular flexibility index (Phi) is 7.89. The van der Waals surface area contributed by atoms with Crippen LogP contribution in [0.15, 0.2) is 48.5 Å². The van der Waals surface area contributed by atoms with Crippen molar-refractivity contribution >= 4 is 11.9 Å².